The molecule has 0 saturated carbocycles. The van der Waals surface area contributed by atoms with Crippen LogP contribution in [-0.4, -0.2) is 39.6 Å². The molecule has 0 radical (unpaired) electrons. The highest BCUT2D eigenvalue weighted by atomic mass is 32.2. The van der Waals surface area contributed by atoms with E-state index in [1.165, 1.54) is 5.56 Å². The maximum absolute atomic E-state index is 11.9. The van der Waals surface area contributed by atoms with Gasteiger partial charge >= 0.3 is 0 Å². The van der Waals surface area contributed by atoms with E-state index < -0.39 is 10.8 Å². The minimum atomic E-state index is -0.918. The Morgan fingerprint density at radius 1 is 1.42 bits per heavy atom. The van der Waals surface area contributed by atoms with Gasteiger partial charge in [0.1, 0.15) is 6.17 Å². The molecule has 5 heteroatoms. The second-order valence-corrected chi connectivity index (χ2v) is 6.85. The van der Waals surface area contributed by atoms with E-state index in [-0.39, 0.29) is 17.3 Å². The van der Waals surface area contributed by atoms with E-state index >= 15 is 0 Å². The quantitative estimate of drug-likeness (QED) is 0.901. The van der Waals surface area contributed by atoms with Crippen LogP contribution in [-0.2, 0) is 15.6 Å². The van der Waals surface area contributed by atoms with E-state index in [1.54, 1.807) is 11.2 Å². The number of aryl methyl sites for hydroxylation is 1. The molecule has 1 aliphatic heterocycles. The largest absolute Gasteiger partial charge is 0.321 e. The average molecular weight is 280 g/mol. The van der Waals surface area contributed by atoms with Crippen molar-refractivity contribution in [3.63, 3.8) is 0 Å². The van der Waals surface area contributed by atoms with Crippen LogP contribution in [0.4, 0.5) is 0 Å². The zero-order valence-corrected chi connectivity index (χ0v) is 12.4. The molecular formula is C14H20N2O2S. The zero-order valence-electron chi connectivity index (χ0n) is 11.6. The van der Waals surface area contributed by atoms with Crippen molar-refractivity contribution in [1.82, 2.24) is 10.2 Å². The SMILES string of the molecule is Cc1ccc(C2NCC(=O)N2CC(C)S(C)=O)cc1. The summed E-state index contributed by atoms with van der Waals surface area (Å²) in [6.45, 7) is 4.82. The lowest BCUT2D eigenvalue weighted by Crippen LogP contribution is -2.37. The second kappa shape index (κ2) is 5.84. The van der Waals surface area contributed by atoms with E-state index in [0.717, 1.165) is 5.56 Å². The van der Waals surface area contributed by atoms with Crippen LogP contribution in [0.2, 0.25) is 0 Å². The molecular weight excluding hydrogens is 260 g/mol. The standard InChI is InChI=1S/C14H20N2O2S/c1-10-4-6-12(7-5-10)14-15-8-13(17)16(14)9-11(2)19(3)18/h4-7,11,14-15H,8-9H2,1-3H3. The average Bonchev–Trinajstić information content (AvgIpc) is 2.72. The number of carbonyl (C=O) groups is 1. The highest BCUT2D eigenvalue weighted by molar-refractivity contribution is 7.84. The van der Waals surface area contributed by atoms with Crippen LogP contribution in [0.15, 0.2) is 24.3 Å². The molecule has 1 saturated heterocycles. The maximum Gasteiger partial charge on any atom is 0.238 e. The summed E-state index contributed by atoms with van der Waals surface area (Å²) >= 11 is 0. The van der Waals surface area contributed by atoms with E-state index in [0.29, 0.717) is 13.1 Å². The van der Waals surface area contributed by atoms with E-state index in [2.05, 4.69) is 5.32 Å². The Balaban J connectivity index is 2.17. The third-order valence-corrected chi connectivity index (χ3v) is 4.77. The summed E-state index contributed by atoms with van der Waals surface area (Å²) in [5.41, 5.74) is 2.27. The molecule has 1 heterocycles. The van der Waals surface area contributed by atoms with Gasteiger partial charge < -0.3 is 4.90 Å². The van der Waals surface area contributed by atoms with Crippen molar-refractivity contribution in [1.29, 1.82) is 0 Å². The summed E-state index contributed by atoms with van der Waals surface area (Å²) in [6.07, 6.45) is 1.58. The first kappa shape index (κ1) is 14.2. The molecule has 0 bridgehead atoms. The van der Waals surface area contributed by atoms with Crippen molar-refractivity contribution >= 4 is 16.7 Å². The second-order valence-electron chi connectivity index (χ2n) is 5.05. The van der Waals surface area contributed by atoms with Gasteiger partial charge in [0.15, 0.2) is 0 Å². The molecule has 1 amide bonds. The normalized spacial score (nSPS) is 22.6. The molecule has 19 heavy (non-hydrogen) atoms. The number of nitrogens with zero attached hydrogens (tertiary/aromatic N) is 1. The topological polar surface area (TPSA) is 49.4 Å². The van der Waals surface area contributed by atoms with Crippen molar-refractivity contribution in [3.05, 3.63) is 35.4 Å². The minimum Gasteiger partial charge on any atom is -0.321 e. The van der Waals surface area contributed by atoms with Gasteiger partial charge in [0.25, 0.3) is 0 Å². The number of carbonyl (C=O) groups excluding carboxylic acids is 1. The predicted octanol–water partition coefficient (Wildman–Crippen LogP) is 1.19. The van der Waals surface area contributed by atoms with Crippen molar-refractivity contribution in [2.45, 2.75) is 25.3 Å². The minimum absolute atomic E-state index is 0.0169. The summed E-state index contributed by atoms with van der Waals surface area (Å²) < 4.78 is 11.5. The van der Waals surface area contributed by atoms with Gasteiger partial charge in [0.05, 0.1) is 6.54 Å². The molecule has 2 rings (SSSR count). The molecule has 104 valence electrons. The van der Waals surface area contributed by atoms with Gasteiger partial charge in [0.2, 0.25) is 5.91 Å². The summed E-state index contributed by atoms with van der Waals surface area (Å²) in [7, 11) is -0.918. The smallest absolute Gasteiger partial charge is 0.238 e. The summed E-state index contributed by atoms with van der Waals surface area (Å²) in [6, 6.07) is 8.15. The number of hydrogen-bond donors (Lipinski definition) is 1. The predicted molar refractivity (Wildman–Crippen MR) is 77.2 cm³/mol. The Morgan fingerprint density at radius 3 is 2.63 bits per heavy atom. The van der Waals surface area contributed by atoms with Gasteiger partial charge in [-0.2, -0.15) is 0 Å². The highest BCUT2D eigenvalue weighted by Gasteiger charge is 2.32. The van der Waals surface area contributed by atoms with Gasteiger partial charge in [0, 0.05) is 28.9 Å². The van der Waals surface area contributed by atoms with Crippen LogP contribution in [0.25, 0.3) is 0 Å². The van der Waals surface area contributed by atoms with Crippen molar-refractivity contribution in [3.8, 4) is 0 Å². The first-order valence-corrected chi connectivity index (χ1v) is 8.03. The van der Waals surface area contributed by atoms with Crippen LogP contribution in [0, 0.1) is 6.92 Å². The molecule has 1 aromatic carbocycles. The first-order valence-electron chi connectivity index (χ1n) is 6.40. The summed E-state index contributed by atoms with van der Waals surface area (Å²) in [5.74, 6) is 0.0721. The molecule has 1 aliphatic rings. The van der Waals surface area contributed by atoms with Crippen molar-refractivity contribution in [2.75, 3.05) is 19.3 Å². The number of benzene rings is 1. The first-order chi connectivity index (χ1) is 8.99. The molecule has 1 fully saturated rings. The Morgan fingerprint density at radius 2 is 2.05 bits per heavy atom. The van der Waals surface area contributed by atoms with Gasteiger partial charge in [-0.25, -0.2) is 0 Å². The molecule has 4 nitrogen and oxygen atoms in total. The monoisotopic (exact) mass is 280 g/mol. The zero-order chi connectivity index (χ0) is 14.0. The van der Waals surface area contributed by atoms with Crippen molar-refractivity contribution < 1.29 is 9.00 Å². The lowest BCUT2D eigenvalue weighted by Gasteiger charge is -2.26. The Bertz CT molecular complexity index is 487. The lowest BCUT2D eigenvalue weighted by atomic mass is 10.1. The van der Waals surface area contributed by atoms with Gasteiger partial charge in [-0.15, -0.1) is 0 Å². The van der Waals surface area contributed by atoms with Gasteiger partial charge in [-0.1, -0.05) is 29.8 Å². The number of rotatable bonds is 4. The van der Waals surface area contributed by atoms with Crippen LogP contribution in [0.3, 0.4) is 0 Å². The molecule has 0 spiro atoms. The van der Waals surface area contributed by atoms with Gasteiger partial charge in [-0.05, 0) is 19.4 Å². The maximum atomic E-state index is 11.9. The van der Waals surface area contributed by atoms with E-state index in [9.17, 15) is 9.00 Å². The Hall–Kier alpha value is -1.20. The molecule has 0 aliphatic carbocycles. The fraction of sp³-hybridized carbons (Fsp3) is 0.500. The van der Waals surface area contributed by atoms with E-state index in [1.807, 2.05) is 38.1 Å². The number of nitrogens with one attached hydrogen (secondary N) is 1. The molecule has 3 unspecified atom stereocenters. The number of amides is 1. The van der Waals surface area contributed by atoms with Crippen LogP contribution < -0.4 is 5.32 Å². The van der Waals surface area contributed by atoms with E-state index in [4.69, 9.17) is 0 Å². The molecule has 1 aromatic rings. The lowest BCUT2D eigenvalue weighted by molar-refractivity contribution is -0.128. The Labute approximate surface area is 116 Å². The van der Waals surface area contributed by atoms with Crippen LogP contribution in [0.1, 0.15) is 24.2 Å². The van der Waals surface area contributed by atoms with Crippen LogP contribution >= 0.6 is 0 Å². The molecule has 1 N–H and O–H groups in total. The third kappa shape index (κ3) is 3.22. The van der Waals surface area contributed by atoms with Gasteiger partial charge in [-0.3, -0.25) is 14.3 Å². The van der Waals surface area contributed by atoms with Crippen molar-refractivity contribution in [2.24, 2.45) is 0 Å². The molecule has 3 atom stereocenters. The highest BCUT2D eigenvalue weighted by Crippen LogP contribution is 2.23. The number of hydrogen-bond acceptors (Lipinski definition) is 3. The van der Waals surface area contributed by atoms with Crippen LogP contribution in [0.5, 0.6) is 0 Å². The summed E-state index contributed by atoms with van der Waals surface area (Å²) in [4.78, 5) is 13.7. The fourth-order valence-corrected chi connectivity index (χ4v) is 2.55. The third-order valence-electron chi connectivity index (χ3n) is 3.49. The molecule has 0 aromatic heterocycles. The fourth-order valence-electron chi connectivity index (χ4n) is 2.18. The Kier molecular flexibility index (Phi) is 4.37. The summed E-state index contributed by atoms with van der Waals surface area (Å²) in [5, 5.41) is 3.20.